The van der Waals surface area contributed by atoms with Crippen molar-refractivity contribution in [1.29, 1.82) is 5.26 Å². The van der Waals surface area contributed by atoms with Crippen molar-refractivity contribution in [2.75, 3.05) is 6.61 Å². The third kappa shape index (κ3) is 3.03. The predicted molar refractivity (Wildman–Crippen MR) is 91.6 cm³/mol. The minimum absolute atomic E-state index is 0.250. The van der Waals surface area contributed by atoms with Gasteiger partial charge in [-0.1, -0.05) is 0 Å². The van der Waals surface area contributed by atoms with Gasteiger partial charge in [-0.05, 0) is 76.0 Å². The quantitative estimate of drug-likeness (QED) is 0.614. The number of esters is 1. The van der Waals surface area contributed by atoms with Gasteiger partial charge in [-0.2, -0.15) is 5.26 Å². The molecule has 1 amide bonds. The lowest BCUT2D eigenvalue weighted by molar-refractivity contribution is -0.172. The van der Waals surface area contributed by atoms with Gasteiger partial charge < -0.3 is 10.1 Å². The number of carbonyl (C=O) groups excluding carboxylic acids is 2. The first-order chi connectivity index (χ1) is 11.9. The maximum atomic E-state index is 12.8. The summed E-state index contributed by atoms with van der Waals surface area (Å²) in [4.78, 5) is 24.7. The number of nitrogens with one attached hydrogen (secondary N) is 1. The fourth-order valence-corrected chi connectivity index (χ4v) is 6.91. The van der Waals surface area contributed by atoms with Crippen LogP contribution in [0.3, 0.4) is 0 Å². The molecule has 5 rings (SSSR count). The molecule has 0 aromatic rings. The minimum atomic E-state index is -0.773. The lowest BCUT2D eigenvalue weighted by Crippen LogP contribution is -2.56. The molecular weight excluding hydrogens is 340 g/mol. The molecule has 5 fully saturated rings. The van der Waals surface area contributed by atoms with E-state index in [1.165, 1.54) is 6.42 Å². The smallest absolute Gasteiger partial charge is 0.312 e. The van der Waals surface area contributed by atoms with Crippen LogP contribution in [-0.4, -0.2) is 28.9 Å². The summed E-state index contributed by atoms with van der Waals surface area (Å²) in [7, 11) is 0. The van der Waals surface area contributed by atoms with Crippen molar-refractivity contribution in [2.45, 2.75) is 74.6 Å². The predicted octanol–water partition coefficient (Wildman–Crippen LogP) is 3.06. The average Bonchev–Trinajstić information content (AvgIpc) is 2.99. The first-order valence-corrected chi connectivity index (χ1v) is 9.82. The van der Waals surface area contributed by atoms with Gasteiger partial charge in [0.05, 0.1) is 11.5 Å². The van der Waals surface area contributed by atoms with Crippen LogP contribution < -0.4 is 5.32 Å². The van der Waals surface area contributed by atoms with E-state index in [0.29, 0.717) is 31.1 Å². The fraction of sp³-hybridized carbons (Fsp3) is 0.842. The van der Waals surface area contributed by atoms with Gasteiger partial charge in [-0.25, -0.2) is 0 Å². The number of nitrogens with zero attached hydrogens (tertiary/aromatic N) is 1. The van der Waals surface area contributed by atoms with Crippen LogP contribution in [-0.2, 0) is 14.3 Å². The third-order valence-corrected chi connectivity index (χ3v) is 7.25. The number of nitriles is 1. The second-order valence-electron chi connectivity index (χ2n) is 8.92. The highest BCUT2D eigenvalue weighted by molar-refractivity contribution is 6.24. The molecule has 0 heterocycles. The number of carbonyl (C=O) groups is 2. The molecule has 5 aliphatic rings. The second kappa shape index (κ2) is 5.87. The molecule has 4 bridgehead atoms. The van der Waals surface area contributed by atoms with E-state index in [4.69, 9.17) is 16.3 Å². The van der Waals surface area contributed by atoms with Crippen LogP contribution in [0, 0.1) is 28.6 Å². The zero-order valence-electron chi connectivity index (χ0n) is 14.5. The molecule has 0 aromatic carbocycles. The number of alkyl halides is 1. The van der Waals surface area contributed by atoms with E-state index in [9.17, 15) is 14.9 Å². The fourth-order valence-electron chi connectivity index (χ4n) is 6.22. The minimum Gasteiger partial charge on any atom is -0.455 e. The summed E-state index contributed by atoms with van der Waals surface area (Å²) in [6.07, 6.45) is 8.79. The Hall–Kier alpha value is -1.28. The highest BCUT2D eigenvalue weighted by Crippen LogP contribution is 2.64. The molecular formula is C19H25ClN2O3. The van der Waals surface area contributed by atoms with Crippen molar-refractivity contribution in [2.24, 2.45) is 17.3 Å². The zero-order chi connectivity index (χ0) is 17.7. The van der Waals surface area contributed by atoms with E-state index < -0.39 is 11.0 Å². The second-order valence-corrected chi connectivity index (χ2v) is 9.72. The van der Waals surface area contributed by atoms with Gasteiger partial charge in [-0.3, -0.25) is 9.59 Å². The molecule has 2 atom stereocenters. The standard InChI is InChI=1S/C19H25ClN2O3/c20-18-8-13-5-14(9-18)7-17(6-13,11-18)16(24)25-10-15(23)22-19(12-21)3-1-2-4-19/h13-14H,1-11H2,(H,22,23)/t13-,14-,17?,18?/m0/s1. The molecule has 1 N–H and O–H groups in total. The maximum Gasteiger partial charge on any atom is 0.312 e. The molecule has 0 radical (unpaired) electrons. The summed E-state index contributed by atoms with van der Waals surface area (Å²) in [6.45, 7) is -0.297. The Labute approximate surface area is 153 Å². The van der Waals surface area contributed by atoms with Crippen LogP contribution in [0.5, 0.6) is 0 Å². The van der Waals surface area contributed by atoms with E-state index in [-0.39, 0.29) is 23.4 Å². The Morgan fingerprint density at radius 3 is 2.36 bits per heavy atom. The van der Waals surface area contributed by atoms with Crippen LogP contribution >= 0.6 is 11.6 Å². The van der Waals surface area contributed by atoms with Crippen LogP contribution in [0.1, 0.15) is 64.2 Å². The largest absolute Gasteiger partial charge is 0.455 e. The summed E-state index contributed by atoms with van der Waals surface area (Å²) < 4.78 is 5.41. The van der Waals surface area contributed by atoms with Gasteiger partial charge in [0, 0.05) is 4.87 Å². The van der Waals surface area contributed by atoms with Crippen LogP contribution in [0.25, 0.3) is 0 Å². The summed E-state index contributed by atoms with van der Waals surface area (Å²) in [5.41, 5.74) is -1.27. The Balaban J connectivity index is 1.36. The molecule has 25 heavy (non-hydrogen) atoms. The molecule has 5 aliphatic carbocycles. The molecule has 5 nitrogen and oxygen atoms in total. The lowest BCUT2D eigenvalue weighted by atomic mass is 9.49. The lowest BCUT2D eigenvalue weighted by Gasteiger charge is -2.58. The highest BCUT2D eigenvalue weighted by atomic mass is 35.5. The SMILES string of the molecule is N#CC1(NC(=O)COC(=O)C23C[C@@H]4C[C@H](CC(Cl)(C4)C2)C3)CCCC1. The van der Waals surface area contributed by atoms with Crippen molar-refractivity contribution in [3.8, 4) is 6.07 Å². The van der Waals surface area contributed by atoms with Crippen molar-refractivity contribution >= 4 is 23.5 Å². The van der Waals surface area contributed by atoms with Crippen molar-refractivity contribution in [3.05, 3.63) is 0 Å². The molecule has 0 saturated heterocycles. The van der Waals surface area contributed by atoms with Gasteiger partial charge in [0.1, 0.15) is 5.54 Å². The van der Waals surface area contributed by atoms with Gasteiger partial charge >= 0.3 is 5.97 Å². The van der Waals surface area contributed by atoms with Gasteiger partial charge in [0.2, 0.25) is 0 Å². The van der Waals surface area contributed by atoms with E-state index in [1.807, 2.05) is 0 Å². The molecule has 0 aliphatic heterocycles. The van der Waals surface area contributed by atoms with E-state index in [0.717, 1.165) is 38.5 Å². The number of amides is 1. The van der Waals surface area contributed by atoms with Gasteiger partial charge in [-0.15, -0.1) is 11.6 Å². The Morgan fingerprint density at radius 1 is 1.16 bits per heavy atom. The molecule has 0 unspecified atom stereocenters. The normalized spacial score (nSPS) is 40.5. The van der Waals surface area contributed by atoms with Crippen LogP contribution in [0.15, 0.2) is 0 Å². The van der Waals surface area contributed by atoms with Gasteiger partial charge in [0.15, 0.2) is 6.61 Å². The number of ether oxygens (including phenoxy) is 1. The maximum absolute atomic E-state index is 12.8. The monoisotopic (exact) mass is 364 g/mol. The summed E-state index contributed by atoms with van der Waals surface area (Å²) in [5, 5.41) is 12.1. The molecule has 136 valence electrons. The number of hydrogen-bond acceptors (Lipinski definition) is 4. The van der Waals surface area contributed by atoms with Crippen LogP contribution in [0.4, 0.5) is 0 Å². The average molecular weight is 365 g/mol. The third-order valence-electron chi connectivity index (χ3n) is 6.81. The summed E-state index contributed by atoms with van der Waals surface area (Å²) >= 11 is 6.75. The molecule has 5 saturated carbocycles. The summed E-state index contributed by atoms with van der Waals surface area (Å²) in [5.74, 6) is 0.391. The van der Waals surface area contributed by atoms with E-state index >= 15 is 0 Å². The van der Waals surface area contributed by atoms with Crippen molar-refractivity contribution < 1.29 is 14.3 Å². The Bertz CT molecular complexity index is 621. The van der Waals surface area contributed by atoms with Crippen molar-refractivity contribution in [1.82, 2.24) is 5.32 Å². The number of hydrogen-bond donors (Lipinski definition) is 1. The first-order valence-electron chi connectivity index (χ1n) is 9.45. The summed E-state index contributed by atoms with van der Waals surface area (Å²) in [6, 6.07) is 2.22. The van der Waals surface area contributed by atoms with Gasteiger partial charge in [0.25, 0.3) is 5.91 Å². The molecule has 0 aromatic heterocycles. The van der Waals surface area contributed by atoms with E-state index in [1.54, 1.807) is 0 Å². The highest BCUT2D eigenvalue weighted by Gasteiger charge is 2.60. The molecule has 6 heteroatoms. The zero-order valence-corrected chi connectivity index (χ0v) is 15.2. The number of halogens is 1. The molecule has 0 spiro atoms. The number of rotatable bonds is 4. The van der Waals surface area contributed by atoms with E-state index in [2.05, 4.69) is 11.4 Å². The Morgan fingerprint density at radius 2 is 1.80 bits per heavy atom. The van der Waals surface area contributed by atoms with Crippen molar-refractivity contribution in [3.63, 3.8) is 0 Å². The first kappa shape index (κ1) is 17.1. The Kier molecular flexibility index (Phi) is 4.03. The van der Waals surface area contributed by atoms with Crippen LogP contribution in [0.2, 0.25) is 0 Å². The topological polar surface area (TPSA) is 79.2 Å².